The Morgan fingerprint density at radius 3 is 2.71 bits per heavy atom. The predicted molar refractivity (Wildman–Crippen MR) is 75.1 cm³/mol. The number of aliphatic hydroxyl groups is 1. The van der Waals surface area contributed by atoms with Crippen LogP contribution in [-0.2, 0) is 6.54 Å². The quantitative estimate of drug-likeness (QED) is 0.887. The monoisotopic (exact) mass is 311 g/mol. The average Bonchev–Trinajstić information content (AvgIpc) is 2.85. The number of hydrogen-bond acceptors (Lipinski definition) is 3. The van der Waals surface area contributed by atoms with Gasteiger partial charge in [0.05, 0.1) is 12.6 Å². The summed E-state index contributed by atoms with van der Waals surface area (Å²) >= 11 is 5.23. The van der Waals surface area contributed by atoms with E-state index in [0.717, 1.165) is 16.6 Å². The van der Waals surface area contributed by atoms with Crippen molar-refractivity contribution in [3.63, 3.8) is 0 Å². The van der Waals surface area contributed by atoms with Gasteiger partial charge in [0.25, 0.3) is 0 Å². The first-order chi connectivity index (χ1) is 8.31. The third-order valence-corrected chi connectivity index (χ3v) is 4.16. The van der Waals surface area contributed by atoms with Gasteiger partial charge < -0.3 is 10.4 Å². The Morgan fingerprint density at radius 2 is 2.06 bits per heavy atom. The van der Waals surface area contributed by atoms with Crippen LogP contribution in [0.3, 0.4) is 0 Å². The molecule has 4 heteroatoms. The highest BCUT2D eigenvalue weighted by molar-refractivity contribution is 9.10. The maximum Gasteiger partial charge on any atom is 0.0627 e. The van der Waals surface area contributed by atoms with Crippen LogP contribution in [0.15, 0.2) is 46.3 Å². The van der Waals surface area contributed by atoms with Crippen molar-refractivity contribution in [2.75, 3.05) is 6.61 Å². The summed E-state index contributed by atoms with van der Waals surface area (Å²) in [6.45, 7) is 0.873. The molecule has 2 nitrogen and oxygen atoms in total. The van der Waals surface area contributed by atoms with Crippen molar-refractivity contribution in [3.8, 4) is 0 Å². The minimum absolute atomic E-state index is 0.0346. The maximum atomic E-state index is 9.45. The molecule has 1 aromatic carbocycles. The molecule has 90 valence electrons. The standard InChI is InChI=1S/C13H14BrNOS/c14-12-6-2-1-5-11(12)13(9-16)15-8-10-4-3-7-17-10/h1-7,13,15-16H,8-9H2. The van der Waals surface area contributed by atoms with E-state index < -0.39 is 0 Å². The van der Waals surface area contributed by atoms with Crippen LogP contribution in [0.1, 0.15) is 16.5 Å². The number of rotatable bonds is 5. The Balaban J connectivity index is 2.04. The number of halogens is 1. The van der Waals surface area contributed by atoms with Crippen LogP contribution >= 0.6 is 27.3 Å². The fourth-order valence-electron chi connectivity index (χ4n) is 1.67. The minimum Gasteiger partial charge on any atom is -0.394 e. The van der Waals surface area contributed by atoms with E-state index in [2.05, 4.69) is 32.7 Å². The van der Waals surface area contributed by atoms with Crippen molar-refractivity contribution < 1.29 is 5.11 Å². The van der Waals surface area contributed by atoms with Crippen molar-refractivity contribution >= 4 is 27.3 Å². The molecule has 0 bridgehead atoms. The SMILES string of the molecule is OCC(NCc1cccs1)c1ccccc1Br. The summed E-state index contributed by atoms with van der Waals surface area (Å²) in [5.74, 6) is 0. The largest absolute Gasteiger partial charge is 0.394 e. The summed E-state index contributed by atoms with van der Waals surface area (Å²) in [7, 11) is 0. The van der Waals surface area contributed by atoms with Gasteiger partial charge in [-0.15, -0.1) is 11.3 Å². The van der Waals surface area contributed by atoms with Crippen LogP contribution in [-0.4, -0.2) is 11.7 Å². The van der Waals surface area contributed by atoms with E-state index in [1.54, 1.807) is 11.3 Å². The van der Waals surface area contributed by atoms with Gasteiger partial charge in [-0.3, -0.25) is 0 Å². The molecular formula is C13H14BrNOS. The van der Waals surface area contributed by atoms with Crippen LogP contribution in [0.4, 0.5) is 0 Å². The summed E-state index contributed by atoms with van der Waals surface area (Å²) in [4.78, 5) is 1.27. The molecule has 2 rings (SSSR count). The van der Waals surface area contributed by atoms with Crippen LogP contribution in [0.25, 0.3) is 0 Å². The first-order valence-corrected chi connectivity index (χ1v) is 7.09. The van der Waals surface area contributed by atoms with Gasteiger partial charge in [0.2, 0.25) is 0 Å². The van der Waals surface area contributed by atoms with Crippen LogP contribution in [0, 0.1) is 0 Å². The Hall–Kier alpha value is -0.680. The molecule has 1 heterocycles. The average molecular weight is 312 g/mol. The Labute approximate surface area is 113 Å². The van der Waals surface area contributed by atoms with Gasteiger partial charge in [0.1, 0.15) is 0 Å². The van der Waals surface area contributed by atoms with Gasteiger partial charge in [-0.05, 0) is 23.1 Å². The van der Waals surface area contributed by atoms with Crippen LogP contribution < -0.4 is 5.32 Å². The molecule has 2 aromatic rings. The lowest BCUT2D eigenvalue weighted by Crippen LogP contribution is -2.23. The third-order valence-electron chi connectivity index (χ3n) is 2.57. The van der Waals surface area contributed by atoms with Crippen molar-refractivity contribution in [3.05, 3.63) is 56.7 Å². The van der Waals surface area contributed by atoms with E-state index >= 15 is 0 Å². The van der Waals surface area contributed by atoms with Crippen molar-refractivity contribution in [1.82, 2.24) is 5.32 Å². The Morgan fingerprint density at radius 1 is 1.24 bits per heavy atom. The molecule has 0 radical (unpaired) electrons. The highest BCUT2D eigenvalue weighted by Crippen LogP contribution is 2.23. The number of hydrogen-bond donors (Lipinski definition) is 2. The summed E-state index contributed by atoms with van der Waals surface area (Å²) in [6, 6.07) is 12.1. The highest BCUT2D eigenvalue weighted by Gasteiger charge is 2.12. The normalized spacial score (nSPS) is 12.6. The highest BCUT2D eigenvalue weighted by atomic mass is 79.9. The van der Waals surface area contributed by atoms with E-state index in [4.69, 9.17) is 0 Å². The minimum atomic E-state index is -0.0346. The lowest BCUT2D eigenvalue weighted by atomic mass is 10.1. The lowest BCUT2D eigenvalue weighted by Gasteiger charge is -2.17. The van der Waals surface area contributed by atoms with Gasteiger partial charge in [0, 0.05) is 15.9 Å². The van der Waals surface area contributed by atoms with E-state index in [0.29, 0.717) is 0 Å². The smallest absolute Gasteiger partial charge is 0.0627 e. The molecule has 17 heavy (non-hydrogen) atoms. The molecule has 0 fully saturated rings. The molecule has 0 saturated carbocycles. The van der Waals surface area contributed by atoms with Crippen molar-refractivity contribution in [2.24, 2.45) is 0 Å². The molecule has 1 aromatic heterocycles. The van der Waals surface area contributed by atoms with Gasteiger partial charge >= 0.3 is 0 Å². The van der Waals surface area contributed by atoms with Gasteiger partial charge in [-0.2, -0.15) is 0 Å². The van der Waals surface area contributed by atoms with Crippen molar-refractivity contribution in [2.45, 2.75) is 12.6 Å². The molecule has 0 spiro atoms. The second-order valence-electron chi connectivity index (χ2n) is 3.72. The Kier molecular flexibility index (Phi) is 4.74. The molecule has 0 aliphatic rings. The second kappa shape index (κ2) is 6.31. The van der Waals surface area contributed by atoms with E-state index in [9.17, 15) is 5.11 Å². The molecule has 0 amide bonds. The third kappa shape index (κ3) is 3.39. The first kappa shape index (κ1) is 12.8. The number of benzene rings is 1. The zero-order chi connectivity index (χ0) is 12.1. The van der Waals surface area contributed by atoms with Crippen LogP contribution in [0.2, 0.25) is 0 Å². The summed E-state index contributed by atoms with van der Waals surface area (Å²) in [6.07, 6.45) is 0. The Bertz CT molecular complexity index is 458. The fraction of sp³-hybridized carbons (Fsp3) is 0.231. The molecule has 0 aliphatic carbocycles. The zero-order valence-corrected chi connectivity index (χ0v) is 11.7. The fourth-order valence-corrected chi connectivity index (χ4v) is 2.88. The van der Waals surface area contributed by atoms with E-state index in [1.807, 2.05) is 30.3 Å². The summed E-state index contributed by atoms with van der Waals surface area (Å²) in [5, 5.41) is 14.9. The van der Waals surface area contributed by atoms with Gasteiger partial charge in [-0.1, -0.05) is 40.2 Å². The topological polar surface area (TPSA) is 32.3 Å². The summed E-state index contributed by atoms with van der Waals surface area (Å²) < 4.78 is 1.03. The number of nitrogens with one attached hydrogen (secondary N) is 1. The van der Waals surface area contributed by atoms with Gasteiger partial charge in [-0.25, -0.2) is 0 Å². The van der Waals surface area contributed by atoms with Gasteiger partial charge in [0.15, 0.2) is 0 Å². The first-order valence-electron chi connectivity index (χ1n) is 5.42. The zero-order valence-electron chi connectivity index (χ0n) is 9.27. The van der Waals surface area contributed by atoms with E-state index in [-0.39, 0.29) is 12.6 Å². The summed E-state index contributed by atoms with van der Waals surface area (Å²) in [5.41, 5.74) is 1.09. The molecular weight excluding hydrogens is 298 g/mol. The number of aliphatic hydroxyl groups excluding tert-OH is 1. The molecule has 1 unspecified atom stereocenters. The van der Waals surface area contributed by atoms with Crippen molar-refractivity contribution in [1.29, 1.82) is 0 Å². The van der Waals surface area contributed by atoms with E-state index in [1.165, 1.54) is 4.88 Å². The second-order valence-corrected chi connectivity index (χ2v) is 5.60. The molecule has 0 aliphatic heterocycles. The molecule has 2 N–H and O–H groups in total. The van der Waals surface area contributed by atoms with Crippen LogP contribution in [0.5, 0.6) is 0 Å². The number of thiophene rings is 1. The molecule has 1 atom stereocenters. The predicted octanol–water partition coefficient (Wildman–Crippen LogP) is 3.33. The lowest BCUT2D eigenvalue weighted by molar-refractivity contribution is 0.243. The maximum absolute atomic E-state index is 9.45. The molecule has 0 saturated heterocycles.